The first-order valence-corrected chi connectivity index (χ1v) is 9.07. The number of nitrogens with one attached hydrogen (secondary N) is 1. The number of nitrogens with zero attached hydrogens (tertiary/aromatic N) is 1. The number of aromatic nitrogens is 1. The van der Waals surface area contributed by atoms with Gasteiger partial charge in [-0.05, 0) is 35.2 Å². The van der Waals surface area contributed by atoms with Crippen LogP contribution in [0.25, 0.3) is 10.2 Å². The van der Waals surface area contributed by atoms with Gasteiger partial charge < -0.3 is 5.32 Å². The van der Waals surface area contributed by atoms with Crippen molar-refractivity contribution in [2.24, 2.45) is 0 Å². The molecule has 0 aliphatic carbocycles. The Kier molecular flexibility index (Phi) is 4.78. The van der Waals surface area contributed by atoms with E-state index in [-0.39, 0.29) is 5.91 Å². The second-order valence-corrected chi connectivity index (χ2v) is 7.70. The van der Waals surface area contributed by atoms with Crippen molar-refractivity contribution in [1.82, 2.24) is 4.98 Å². The van der Waals surface area contributed by atoms with Crippen molar-refractivity contribution in [3.8, 4) is 0 Å². The zero-order valence-electron chi connectivity index (χ0n) is 13.0. The second kappa shape index (κ2) is 6.81. The van der Waals surface area contributed by atoms with Gasteiger partial charge in [0.15, 0.2) is 5.13 Å². The van der Waals surface area contributed by atoms with E-state index in [0.717, 1.165) is 20.3 Å². The Bertz CT molecular complexity index is 840. The average molecular weight is 389 g/mol. The molecule has 3 rings (SSSR count). The minimum atomic E-state index is -0.0413. The highest BCUT2D eigenvalue weighted by atomic mass is 79.9. The molecule has 1 heterocycles. The molecule has 0 spiro atoms. The van der Waals surface area contributed by atoms with Crippen LogP contribution in [0.4, 0.5) is 5.13 Å². The van der Waals surface area contributed by atoms with Gasteiger partial charge in [-0.15, -0.1) is 0 Å². The first-order chi connectivity index (χ1) is 11.0. The van der Waals surface area contributed by atoms with E-state index in [9.17, 15) is 4.79 Å². The number of benzene rings is 2. The van der Waals surface area contributed by atoms with E-state index in [4.69, 9.17) is 0 Å². The SMILES string of the molecule is CC(C)c1ccc(CC(=O)Nc2nc3ccc(Br)cc3s2)cc1. The summed E-state index contributed by atoms with van der Waals surface area (Å²) in [5.41, 5.74) is 3.19. The molecule has 118 valence electrons. The molecule has 23 heavy (non-hydrogen) atoms. The van der Waals surface area contributed by atoms with E-state index >= 15 is 0 Å². The fourth-order valence-corrected chi connectivity index (χ4v) is 3.76. The molecule has 3 aromatic rings. The maximum atomic E-state index is 12.2. The van der Waals surface area contributed by atoms with Crippen LogP contribution >= 0.6 is 27.3 Å². The van der Waals surface area contributed by atoms with Crippen LogP contribution in [0.2, 0.25) is 0 Å². The summed E-state index contributed by atoms with van der Waals surface area (Å²) in [5, 5.41) is 3.53. The lowest BCUT2D eigenvalue weighted by molar-refractivity contribution is -0.115. The topological polar surface area (TPSA) is 42.0 Å². The van der Waals surface area contributed by atoms with E-state index in [2.05, 4.69) is 52.2 Å². The van der Waals surface area contributed by atoms with Crippen molar-refractivity contribution in [3.05, 3.63) is 58.1 Å². The summed E-state index contributed by atoms with van der Waals surface area (Å²) in [6.07, 6.45) is 0.359. The monoisotopic (exact) mass is 388 g/mol. The second-order valence-electron chi connectivity index (χ2n) is 5.75. The Morgan fingerprint density at radius 3 is 2.65 bits per heavy atom. The van der Waals surface area contributed by atoms with Crippen molar-refractivity contribution in [2.75, 3.05) is 5.32 Å². The lowest BCUT2D eigenvalue weighted by Gasteiger charge is -2.06. The molecule has 0 aliphatic rings. The number of carbonyl (C=O) groups is 1. The van der Waals surface area contributed by atoms with Gasteiger partial charge in [-0.3, -0.25) is 4.79 Å². The van der Waals surface area contributed by atoms with Gasteiger partial charge >= 0.3 is 0 Å². The number of halogens is 1. The molecule has 2 aromatic carbocycles. The number of thiazole rings is 1. The van der Waals surface area contributed by atoms with Crippen molar-refractivity contribution in [3.63, 3.8) is 0 Å². The highest BCUT2D eigenvalue weighted by Gasteiger charge is 2.09. The Hall–Kier alpha value is -1.72. The van der Waals surface area contributed by atoms with Gasteiger partial charge in [-0.1, -0.05) is 65.4 Å². The normalized spacial score (nSPS) is 11.1. The van der Waals surface area contributed by atoms with Crippen LogP contribution in [0.3, 0.4) is 0 Å². The predicted molar refractivity (Wildman–Crippen MR) is 100 cm³/mol. The van der Waals surface area contributed by atoms with E-state index in [1.807, 2.05) is 30.3 Å². The number of anilines is 1. The molecule has 0 saturated heterocycles. The Labute approximate surface area is 147 Å². The van der Waals surface area contributed by atoms with Gasteiger partial charge in [0.25, 0.3) is 0 Å². The molecule has 0 aliphatic heterocycles. The highest BCUT2D eigenvalue weighted by molar-refractivity contribution is 9.10. The van der Waals surface area contributed by atoms with Gasteiger partial charge in [-0.2, -0.15) is 0 Å². The molecule has 1 N–H and O–H groups in total. The largest absolute Gasteiger partial charge is 0.302 e. The van der Waals surface area contributed by atoms with E-state index < -0.39 is 0 Å². The van der Waals surface area contributed by atoms with Crippen molar-refractivity contribution in [2.45, 2.75) is 26.2 Å². The third-order valence-corrected chi connectivity index (χ3v) is 5.03. The zero-order chi connectivity index (χ0) is 16.4. The van der Waals surface area contributed by atoms with Crippen LogP contribution < -0.4 is 5.32 Å². The van der Waals surface area contributed by atoms with Crippen LogP contribution in [0.1, 0.15) is 30.9 Å². The molecule has 1 aromatic heterocycles. The fraction of sp³-hybridized carbons (Fsp3) is 0.222. The summed E-state index contributed by atoms with van der Waals surface area (Å²) in [4.78, 5) is 16.6. The van der Waals surface area contributed by atoms with Crippen molar-refractivity contribution >= 4 is 48.5 Å². The molecule has 0 bridgehead atoms. The minimum absolute atomic E-state index is 0.0413. The molecule has 3 nitrogen and oxygen atoms in total. The maximum Gasteiger partial charge on any atom is 0.230 e. The Morgan fingerprint density at radius 2 is 1.96 bits per heavy atom. The van der Waals surface area contributed by atoms with Gasteiger partial charge in [0.2, 0.25) is 5.91 Å². The van der Waals surface area contributed by atoms with Gasteiger partial charge in [-0.25, -0.2) is 4.98 Å². The van der Waals surface area contributed by atoms with Crippen LogP contribution in [-0.4, -0.2) is 10.9 Å². The van der Waals surface area contributed by atoms with E-state index in [1.54, 1.807) is 0 Å². The summed E-state index contributed by atoms with van der Waals surface area (Å²) >= 11 is 4.93. The Morgan fingerprint density at radius 1 is 1.22 bits per heavy atom. The molecule has 0 radical (unpaired) electrons. The highest BCUT2D eigenvalue weighted by Crippen LogP contribution is 2.28. The maximum absolute atomic E-state index is 12.2. The number of amides is 1. The number of hydrogen-bond donors (Lipinski definition) is 1. The third kappa shape index (κ3) is 3.98. The average Bonchev–Trinajstić information content (AvgIpc) is 2.88. The smallest absolute Gasteiger partial charge is 0.230 e. The molecule has 1 amide bonds. The first-order valence-electron chi connectivity index (χ1n) is 7.46. The molecule has 0 unspecified atom stereocenters. The van der Waals surface area contributed by atoms with Crippen LogP contribution in [0.15, 0.2) is 46.9 Å². The van der Waals surface area contributed by atoms with E-state index in [0.29, 0.717) is 17.5 Å². The number of fused-ring (bicyclic) bond motifs is 1. The van der Waals surface area contributed by atoms with Crippen LogP contribution in [-0.2, 0) is 11.2 Å². The Balaban J connectivity index is 1.68. The molecule has 0 saturated carbocycles. The summed E-state index contributed by atoms with van der Waals surface area (Å²) < 4.78 is 2.06. The van der Waals surface area contributed by atoms with Gasteiger partial charge in [0.1, 0.15) is 0 Å². The number of hydrogen-bond acceptors (Lipinski definition) is 3. The lowest BCUT2D eigenvalue weighted by atomic mass is 10.0. The van der Waals surface area contributed by atoms with Crippen molar-refractivity contribution in [1.29, 1.82) is 0 Å². The molecule has 0 atom stereocenters. The summed E-state index contributed by atoms with van der Waals surface area (Å²) in [7, 11) is 0. The summed E-state index contributed by atoms with van der Waals surface area (Å²) in [5.74, 6) is 0.459. The lowest BCUT2D eigenvalue weighted by Crippen LogP contribution is -2.14. The molecule has 0 fully saturated rings. The standard InChI is InChI=1S/C18H17BrN2OS/c1-11(2)13-5-3-12(4-6-13)9-17(22)21-18-20-15-8-7-14(19)10-16(15)23-18/h3-8,10-11H,9H2,1-2H3,(H,20,21,22). The van der Waals surface area contributed by atoms with E-state index in [1.165, 1.54) is 16.9 Å². The van der Waals surface area contributed by atoms with Gasteiger partial charge in [0, 0.05) is 4.47 Å². The minimum Gasteiger partial charge on any atom is -0.302 e. The molecular weight excluding hydrogens is 372 g/mol. The molecular formula is C18H17BrN2OS. The third-order valence-electron chi connectivity index (χ3n) is 3.61. The van der Waals surface area contributed by atoms with Gasteiger partial charge in [0.05, 0.1) is 16.6 Å². The first kappa shape index (κ1) is 16.1. The number of carbonyl (C=O) groups excluding carboxylic acids is 1. The predicted octanol–water partition coefficient (Wildman–Crippen LogP) is 5.36. The van der Waals surface area contributed by atoms with Crippen molar-refractivity contribution < 1.29 is 4.79 Å². The zero-order valence-corrected chi connectivity index (χ0v) is 15.4. The fourth-order valence-electron chi connectivity index (χ4n) is 2.32. The summed E-state index contributed by atoms with van der Waals surface area (Å²) in [6.45, 7) is 4.32. The quantitative estimate of drug-likeness (QED) is 0.652. The summed E-state index contributed by atoms with van der Waals surface area (Å²) in [6, 6.07) is 14.1. The van der Waals surface area contributed by atoms with Crippen LogP contribution in [0.5, 0.6) is 0 Å². The molecule has 5 heteroatoms. The van der Waals surface area contributed by atoms with Crippen LogP contribution in [0, 0.1) is 0 Å². The number of rotatable bonds is 4.